The number of hydrogen-bond acceptors (Lipinski definition) is 2. The van der Waals surface area contributed by atoms with Crippen molar-refractivity contribution in [3.05, 3.63) is 64.4 Å². The summed E-state index contributed by atoms with van der Waals surface area (Å²) in [7, 11) is 0. The average molecular weight is 275 g/mol. The highest BCUT2D eigenvalue weighted by molar-refractivity contribution is 6.32. The molecule has 0 saturated carbocycles. The Morgan fingerprint density at radius 1 is 1.26 bits per heavy atom. The Bertz CT molecular complexity index is 634. The molecule has 0 amide bonds. The molecular formula is C15H12ClFN2. The zero-order valence-corrected chi connectivity index (χ0v) is 11.1. The molecule has 1 atom stereocenters. The van der Waals surface area contributed by atoms with Crippen LogP contribution in [0.2, 0.25) is 5.02 Å². The van der Waals surface area contributed by atoms with E-state index < -0.39 is 0 Å². The third-order valence-electron chi connectivity index (χ3n) is 2.85. The van der Waals surface area contributed by atoms with Crippen molar-refractivity contribution in [2.24, 2.45) is 0 Å². The van der Waals surface area contributed by atoms with Gasteiger partial charge in [0.15, 0.2) is 0 Å². The Morgan fingerprint density at radius 3 is 2.68 bits per heavy atom. The van der Waals surface area contributed by atoms with Crippen molar-refractivity contribution in [3.63, 3.8) is 0 Å². The molecule has 1 N–H and O–H groups in total. The van der Waals surface area contributed by atoms with Gasteiger partial charge in [0.25, 0.3) is 0 Å². The first kappa shape index (κ1) is 13.4. The average Bonchev–Trinajstić information content (AvgIpc) is 2.39. The highest BCUT2D eigenvalue weighted by Gasteiger charge is 2.11. The second-order valence-electron chi connectivity index (χ2n) is 4.20. The number of nitriles is 1. The summed E-state index contributed by atoms with van der Waals surface area (Å²) in [5, 5.41) is 12.7. The molecule has 0 saturated heterocycles. The molecule has 0 aliphatic carbocycles. The lowest BCUT2D eigenvalue weighted by Gasteiger charge is -2.17. The van der Waals surface area contributed by atoms with Gasteiger partial charge in [-0.25, -0.2) is 4.39 Å². The van der Waals surface area contributed by atoms with Crippen molar-refractivity contribution in [2.45, 2.75) is 13.0 Å². The van der Waals surface area contributed by atoms with Crippen molar-refractivity contribution in [2.75, 3.05) is 5.32 Å². The normalized spacial score (nSPS) is 11.7. The minimum absolute atomic E-state index is 0.124. The van der Waals surface area contributed by atoms with Crippen molar-refractivity contribution < 1.29 is 4.39 Å². The van der Waals surface area contributed by atoms with Gasteiger partial charge < -0.3 is 5.32 Å². The smallest absolute Gasteiger partial charge is 0.123 e. The van der Waals surface area contributed by atoms with Gasteiger partial charge in [0.05, 0.1) is 16.3 Å². The summed E-state index contributed by atoms with van der Waals surface area (Å²) < 4.78 is 13.2. The van der Waals surface area contributed by atoms with Crippen LogP contribution in [0, 0.1) is 17.1 Å². The van der Waals surface area contributed by atoms with Gasteiger partial charge in [-0.2, -0.15) is 5.26 Å². The topological polar surface area (TPSA) is 35.8 Å². The fourth-order valence-corrected chi connectivity index (χ4v) is 2.07. The number of halogens is 2. The van der Waals surface area contributed by atoms with Crippen LogP contribution in [0.4, 0.5) is 10.1 Å². The molecule has 4 heteroatoms. The lowest BCUT2D eigenvalue weighted by Crippen LogP contribution is -2.08. The predicted molar refractivity (Wildman–Crippen MR) is 74.6 cm³/mol. The highest BCUT2D eigenvalue weighted by Crippen LogP contribution is 2.27. The molecular weight excluding hydrogens is 263 g/mol. The SMILES string of the molecule is CC(Nc1cccc(Cl)c1C#N)c1cccc(F)c1. The second kappa shape index (κ2) is 5.73. The van der Waals surface area contributed by atoms with E-state index in [4.69, 9.17) is 16.9 Å². The van der Waals surface area contributed by atoms with Gasteiger partial charge in [0.1, 0.15) is 11.9 Å². The van der Waals surface area contributed by atoms with Gasteiger partial charge in [0, 0.05) is 6.04 Å². The van der Waals surface area contributed by atoms with E-state index in [0.29, 0.717) is 16.3 Å². The summed E-state index contributed by atoms with van der Waals surface area (Å²) in [5.41, 5.74) is 1.85. The quantitative estimate of drug-likeness (QED) is 0.893. The van der Waals surface area contributed by atoms with E-state index in [2.05, 4.69) is 11.4 Å². The van der Waals surface area contributed by atoms with Gasteiger partial charge >= 0.3 is 0 Å². The Morgan fingerprint density at radius 2 is 2.00 bits per heavy atom. The highest BCUT2D eigenvalue weighted by atomic mass is 35.5. The van der Waals surface area contributed by atoms with Crippen molar-refractivity contribution >= 4 is 17.3 Å². The van der Waals surface area contributed by atoms with Crippen molar-refractivity contribution in [3.8, 4) is 6.07 Å². The summed E-state index contributed by atoms with van der Waals surface area (Å²) >= 11 is 5.96. The van der Waals surface area contributed by atoms with Crippen LogP contribution < -0.4 is 5.32 Å². The van der Waals surface area contributed by atoms with Crippen molar-refractivity contribution in [1.82, 2.24) is 0 Å². The maximum atomic E-state index is 13.2. The Labute approximate surface area is 116 Å². The van der Waals surface area contributed by atoms with Crippen LogP contribution >= 0.6 is 11.6 Å². The molecule has 0 fully saturated rings. The van der Waals surface area contributed by atoms with Crippen LogP contribution in [-0.4, -0.2) is 0 Å². The Balaban J connectivity index is 2.27. The van der Waals surface area contributed by atoms with Gasteiger partial charge in [-0.1, -0.05) is 29.8 Å². The summed E-state index contributed by atoms with van der Waals surface area (Å²) in [6.45, 7) is 1.90. The molecule has 2 rings (SSSR count). The third-order valence-corrected chi connectivity index (χ3v) is 3.16. The standard InChI is InChI=1S/C15H12ClFN2/c1-10(11-4-2-5-12(17)8-11)19-15-7-3-6-14(16)13(15)9-18/h2-8,10,19H,1H3. The molecule has 0 bridgehead atoms. The number of nitrogens with one attached hydrogen (secondary N) is 1. The molecule has 2 nitrogen and oxygen atoms in total. The van der Waals surface area contributed by atoms with Crippen LogP contribution in [0.1, 0.15) is 24.1 Å². The van der Waals surface area contributed by atoms with Gasteiger partial charge in [-0.05, 0) is 36.8 Å². The molecule has 19 heavy (non-hydrogen) atoms. The molecule has 96 valence electrons. The molecule has 0 aliphatic rings. The van der Waals surface area contributed by atoms with E-state index in [1.807, 2.05) is 13.0 Å². The fraction of sp³-hybridized carbons (Fsp3) is 0.133. The first-order chi connectivity index (χ1) is 9.11. The van der Waals surface area contributed by atoms with E-state index in [0.717, 1.165) is 5.56 Å². The van der Waals surface area contributed by atoms with Crippen LogP contribution in [0.5, 0.6) is 0 Å². The molecule has 1 unspecified atom stereocenters. The largest absolute Gasteiger partial charge is 0.377 e. The molecule has 0 spiro atoms. The molecule has 2 aromatic rings. The maximum absolute atomic E-state index is 13.2. The lowest BCUT2D eigenvalue weighted by atomic mass is 10.1. The number of rotatable bonds is 3. The van der Waals surface area contributed by atoms with Crippen LogP contribution in [0.15, 0.2) is 42.5 Å². The minimum atomic E-state index is -0.280. The number of benzene rings is 2. The molecule has 2 aromatic carbocycles. The van der Waals surface area contributed by atoms with Gasteiger partial charge in [-0.15, -0.1) is 0 Å². The van der Waals surface area contributed by atoms with E-state index >= 15 is 0 Å². The number of nitrogens with zero attached hydrogens (tertiary/aromatic N) is 1. The van der Waals surface area contributed by atoms with E-state index in [1.165, 1.54) is 12.1 Å². The second-order valence-corrected chi connectivity index (χ2v) is 4.60. The summed E-state index contributed by atoms with van der Waals surface area (Å²) in [6.07, 6.45) is 0. The van der Waals surface area contributed by atoms with Gasteiger partial charge in [0.2, 0.25) is 0 Å². The summed E-state index contributed by atoms with van der Waals surface area (Å²) in [4.78, 5) is 0. The first-order valence-electron chi connectivity index (χ1n) is 5.82. The molecule has 0 radical (unpaired) electrons. The summed E-state index contributed by atoms with van der Waals surface area (Å²) in [6, 6.07) is 13.5. The predicted octanol–water partition coefficient (Wildman–Crippen LogP) is 4.52. The fourth-order valence-electron chi connectivity index (χ4n) is 1.85. The van der Waals surface area contributed by atoms with Crippen LogP contribution in [0.25, 0.3) is 0 Å². The van der Waals surface area contributed by atoms with Crippen LogP contribution in [-0.2, 0) is 0 Å². The third kappa shape index (κ3) is 3.04. The summed E-state index contributed by atoms with van der Waals surface area (Å²) in [5.74, 6) is -0.280. The molecule has 0 aromatic heterocycles. The van der Waals surface area contributed by atoms with E-state index in [9.17, 15) is 4.39 Å². The zero-order valence-electron chi connectivity index (χ0n) is 10.3. The lowest BCUT2D eigenvalue weighted by molar-refractivity contribution is 0.623. The van der Waals surface area contributed by atoms with E-state index in [-0.39, 0.29) is 11.9 Å². The van der Waals surface area contributed by atoms with E-state index in [1.54, 1.807) is 24.3 Å². The number of hydrogen-bond donors (Lipinski definition) is 1. The van der Waals surface area contributed by atoms with Gasteiger partial charge in [-0.3, -0.25) is 0 Å². The monoisotopic (exact) mass is 274 g/mol. The Hall–Kier alpha value is -2.05. The Kier molecular flexibility index (Phi) is 4.03. The maximum Gasteiger partial charge on any atom is 0.123 e. The molecule has 0 aliphatic heterocycles. The number of anilines is 1. The van der Waals surface area contributed by atoms with Crippen LogP contribution in [0.3, 0.4) is 0 Å². The zero-order chi connectivity index (χ0) is 13.8. The van der Waals surface area contributed by atoms with Crippen molar-refractivity contribution in [1.29, 1.82) is 5.26 Å². The molecule has 0 heterocycles. The minimum Gasteiger partial charge on any atom is -0.377 e. The first-order valence-corrected chi connectivity index (χ1v) is 6.20.